The van der Waals surface area contributed by atoms with Gasteiger partial charge in [-0.3, -0.25) is 0 Å². The molecule has 0 N–H and O–H groups in total. The third-order valence-corrected chi connectivity index (χ3v) is 4.63. The molecule has 0 bridgehead atoms. The SMILES string of the molecule is CCOC(=O)/C=C/C1=C(c2cccs2)c2ccccc2CC1. The molecule has 1 aromatic carbocycles. The molecule has 0 spiro atoms. The van der Waals surface area contributed by atoms with Gasteiger partial charge in [0.2, 0.25) is 0 Å². The van der Waals surface area contributed by atoms with E-state index in [0.29, 0.717) is 6.61 Å². The number of esters is 1. The molecule has 3 rings (SSSR count). The highest BCUT2D eigenvalue weighted by atomic mass is 32.1. The maximum absolute atomic E-state index is 11.6. The summed E-state index contributed by atoms with van der Waals surface area (Å²) in [6.45, 7) is 2.22. The van der Waals surface area contributed by atoms with Crippen molar-refractivity contribution < 1.29 is 9.53 Å². The standard InChI is InChI=1S/C19H18O2S/c1-2-21-18(20)12-11-15-10-9-14-6-3-4-7-16(14)19(15)17-8-5-13-22-17/h3-8,11-13H,2,9-10H2,1H3/b12-11+. The lowest BCUT2D eigenvalue weighted by Gasteiger charge is -2.21. The van der Waals surface area contributed by atoms with E-state index in [-0.39, 0.29) is 5.97 Å². The zero-order valence-electron chi connectivity index (χ0n) is 12.5. The number of thiophene rings is 1. The minimum absolute atomic E-state index is 0.278. The van der Waals surface area contributed by atoms with E-state index in [1.165, 1.54) is 27.2 Å². The van der Waals surface area contributed by atoms with Gasteiger partial charge in [-0.05, 0) is 47.9 Å². The molecule has 22 heavy (non-hydrogen) atoms. The Morgan fingerprint density at radius 1 is 1.23 bits per heavy atom. The van der Waals surface area contributed by atoms with Crippen LogP contribution in [0, 0.1) is 0 Å². The van der Waals surface area contributed by atoms with Crippen LogP contribution in [0.2, 0.25) is 0 Å². The Hall–Kier alpha value is -2.13. The van der Waals surface area contributed by atoms with Crippen LogP contribution in [0.3, 0.4) is 0 Å². The van der Waals surface area contributed by atoms with E-state index in [9.17, 15) is 4.79 Å². The molecular weight excluding hydrogens is 292 g/mol. The van der Waals surface area contributed by atoms with Crippen molar-refractivity contribution in [2.24, 2.45) is 0 Å². The van der Waals surface area contributed by atoms with Gasteiger partial charge in [-0.25, -0.2) is 4.79 Å². The zero-order valence-corrected chi connectivity index (χ0v) is 13.4. The highest BCUT2D eigenvalue weighted by molar-refractivity contribution is 7.11. The van der Waals surface area contributed by atoms with Crippen LogP contribution in [0.4, 0.5) is 0 Å². The molecule has 0 saturated heterocycles. The first-order valence-corrected chi connectivity index (χ1v) is 8.37. The number of benzene rings is 1. The van der Waals surface area contributed by atoms with Gasteiger partial charge in [0.25, 0.3) is 0 Å². The second kappa shape index (κ2) is 6.75. The van der Waals surface area contributed by atoms with E-state index in [1.54, 1.807) is 17.4 Å². The summed E-state index contributed by atoms with van der Waals surface area (Å²) in [6.07, 6.45) is 5.41. The quantitative estimate of drug-likeness (QED) is 0.608. The van der Waals surface area contributed by atoms with E-state index < -0.39 is 0 Å². The van der Waals surface area contributed by atoms with Gasteiger partial charge in [0.15, 0.2) is 0 Å². The number of hydrogen-bond donors (Lipinski definition) is 0. The van der Waals surface area contributed by atoms with Gasteiger partial charge in [-0.1, -0.05) is 36.4 Å². The number of carbonyl (C=O) groups is 1. The van der Waals surface area contributed by atoms with E-state index in [1.807, 2.05) is 13.0 Å². The summed E-state index contributed by atoms with van der Waals surface area (Å²) in [5, 5.41) is 2.09. The molecule has 1 heterocycles. The average molecular weight is 310 g/mol. The molecule has 0 saturated carbocycles. The summed E-state index contributed by atoms with van der Waals surface area (Å²) in [4.78, 5) is 12.8. The highest BCUT2D eigenvalue weighted by Gasteiger charge is 2.19. The Balaban J connectivity index is 2.05. The summed E-state index contributed by atoms with van der Waals surface area (Å²) in [5.41, 5.74) is 5.10. The third kappa shape index (κ3) is 3.04. The zero-order chi connectivity index (χ0) is 15.4. The van der Waals surface area contributed by atoms with Crippen molar-refractivity contribution in [2.75, 3.05) is 6.61 Å². The smallest absolute Gasteiger partial charge is 0.330 e. The summed E-state index contributed by atoms with van der Waals surface area (Å²) in [5.74, 6) is -0.278. The minimum atomic E-state index is -0.278. The number of fused-ring (bicyclic) bond motifs is 1. The monoisotopic (exact) mass is 310 g/mol. The minimum Gasteiger partial charge on any atom is -0.463 e. The molecule has 1 aliphatic rings. The number of aryl methyl sites for hydroxylation is 1. The van der Waals surface area contributed by atoms with Crippen molar-refractivity contribution in [3.63, 3.8) is 0 Å². The van der Waals surface area contributed by atoms with Crippen LogP contribution in [-0.4, -0.2) is 12.6 Å². The molecular formula is C19H18O2S. The van der Waals surface area contributed by atoms with E-state index >= 15 is 0 Å². The van der Waals surface area contributed by atoms with Crippen molar-refractivity contribution in [3.8, 4) is 0 Å². The average Bonchev–Trinajstić information content (AvgIpc) is 3.06. The second-order valence-electron chi connectivity index (χ2n) is 5.12. The number of carbonyl (C=O) groups excluding carboxylic acids is 1. The summed E-state index contributed by atoms with van der Waals surface area (Å²) < 4.78 is 4.98. The first kappa shape index (κ1) is 14.8. The normalized spacial score (nSPS) is 14.2. The molecule has 2 aromatic rings. The van der Waals surface area contributed by atoms with Gasteiger partial charge in [-0.2, -0.15) is 0 Å². The summed E-state index contributed by atoms with van der Waals surface area (Å²) in [7, 11) is 0. The fourth-order valence-electron chi connectivity index (χ4n) is 2.79. The predicted molar refractivity (Wildman–Crippen MR) is 90.9 cm³/mol. The Labute approximate surface area is 134 Å². The summed E-state index contributed by atoms with van der Waals surface area (Å²) >= 11 is 1.73. The van der Waals surface area contributed by atoms with Crippen molar-refractivity contribution in [3.05, 3.63) is 75.5 Å². The number of rotatable bonds is 4. The first-order chi connectivity index (χ1) is 10.8. The van der Waals surface area contributed by atoms with E-state index in [4.69, 9.17) is 4.74 Å². The topological polar surface area (TPSA) is 26.3 Å². The molecule has 0 amide bonds. The Morgan fingerprint density at radius 2 is 2.09 bits per heavy atom. The van der Waals surface area contributed by atoms with Crippen molar-refractivity contribution in [1.82, 2.24) is 0 Å². The van der Waals surface area contributed by atoms with Gasteiger partial charge >= 0.3 is 5.97 Å². The van der Waals surface area contributed by atoms with Crippen LogP contribution in [0.1, 0.15) is 29.3 Å². The van der Waals surface area contributed by atoms with Crippen molar-refractivity contribution in [2.45, 2.75) is 19.8 Å². The van der Waals surface area contributed by atoms with E-state index in [0.717, 1.165) is 12.8 Å². The number of allylic oxidation sites excluding steroid dienone is 2. The molecule has 0 radical (unpaired) electrons. The lowest BCUT2D eigenvalue weighted by Crippen LogP contribution is -2.05. The van der Waals surface area contributed by atoms with Crippen molar-refractivity contribution in [1.29, 1.82) is 0 Å². The van der Waals surface area contributed by atoms with Crippen LogP contribution in [-0.2, 0) is 16.0 Å². The first-order valence-electron chi connectivity index (χ1n) is 7.49. The van der Waals surface area contributed by atoms with E-state index in [2.05, 4.69) is 41.8 Å². The molecule has 1 aliphatic carbocycles. The largest absolute Gasteiger partial charge is 0.463 e. The Bertz CT molecular complexity index is 724. The lowest BCUT2D eigenvalue weighted by atomic mass is 9.84. The van der Waals surface area contributed by atoms with Crippen LogP contribution in [0.15, 0.2) is 59.5 Å². The fraction of sp³-hybridized carbons (Fsp3) is 0.211. The Morgan fingerprint density at radius 3 is 2.86 bits per heavy atom. The molecule has 0 unspecified atom stereocenters. The second-order valence-corrected chi connectivity index (χ2v) is 6.07. The van der Waals surface area contributed by atoms with Gasteiger partial charge in [-0.15, -0.1) is 11.3 Å². The maximum Gasteiger partial charge on any atom is 0.330 e. The Kier molecular flexibility index (Phi) is 4.54. The molecule has 0 atom stereocenters. The number of ether oxygens (including phenoxy) is 1. The van der Waals surface area contributed by atoms with Gasteiger partial charge < -0.3 is 4.74 Å². The lowest BCUT2D eigenvalue weighted by molar-refractivity contribution is -0.137. The third-order valence-electron chi connectivity index (χ3n) is 3.75. The molecule has 0 aliphatic heterocycles. The predicted octanol–water partition coefficient (Wildman–Crippen LogP) is 4.62. The van der Waals surface area contributed by atoms with Crippen LogP contribution >= 0.6 is 11.3 Å². The van der Waals surface area contributed by atoms with Gasteiger partial charge in [0.05, 0.1) is 6.61 Å². The maximum atomic E-state index is 11.6. The molecule has 2 nitrogen and oxygen atoms in total. The highest BCUT2D eigenvalue weighted by Crippen LogP contribution is 2.38. The van der Waals surface area contributed by atoms with Crippen LogP contribution < -0.4 is 0 Å². The summed E-state index contributed by atoms with van der Waals surface area (Å²) in [6, 6.07) is 12.7. The molecule has 112 valence electrons. The van der Waals surface area contributed by atoms with Crippen LogP contribution in [0.5, 0.6) is 0 Å². The fourth-order valence-corrected chi connectivity index (χ4v) is 3.61. The van der Waals surface area contributed by atoms with Crippen molar-refractivity contribution >= 4 is 22.9 Å². The molecule has 1 aromatic heterocycles. The molecule has 3 heteroatoms. The van der Waals surface area contributed by atoms with Gasteiger partial charge in [0, 0.05) is 16.5 Å². The molecule has 0 fully saturated rings. The number of hydrogen-bond acceptors (Lipinski definition) is 3. The van der Waals surface area contributed by atoms with Gasteiger partial charge in [0.1, 0.15) is 0 Å². The van der Waals surface area contributed by atoms with Crippen LogP contribution in [0.25, 0.3) is 5.57 Å².